The van der Waals surface area contributed by atoms with Crippen molar-refractivity contribution in [2.45, 2.75) is 25.8 Å². The summed E-state index contributed by atoms with van der Waals surface area (Å²) in [5.41, 5.74) is 1.66. The standard InChI is InChI=1S/C14H18ClNO2/c1-10(17)11-3-6-14(13(15)9-11)16(7-8-18-2)12-4-5-12/h3,6,9,12H,4-5,7-8H2,1-2H3. The molecule has 0 atom stereocenters. The molecule has 0 aliphatic heterocycles. The molecule has 18 heavy (non-hydrogen) atoms. The Labute approximate surface area is 113 Å². The highest BCUT2D eigenvalue weighted by Gasteiger charge is 2.30. The summed E-state index contributed by atoms with van der Waals surface area (Å²) in [6.45, 7) is 3.07. The maximum absolute atomic E-state index is 11.3. The number of anilines is 1. The van der Waals surface area contributed by atoms with Gasteiger partial charge in [-0.2, -0.15) is 0 Å². The molecule has 1 fully saturated rings. The van der Waals surface area contributed by atoms with Crippen molar-refractivity contribution in [2.24, 2.45) is 0 Å². The molecule has 0 spiro atoms. The van der Waals surface area contributed by atoms with E-state index in [1.807, 2.05) is 12.1 Å². The van der Waals surface area contributed by atoms with E-state index in [9.17, 15) is 4.79 Å². The summed E-state index contributed by atoms with van der Waals surface area (Å²) in [5, 5.41) is 0.644. The van der Waals surface area contributed by atoms with E-state index in [4.69, 9.17) is 16.3 Å². The van der Waals surface area contributed by atoms with Gasteiger partial charge in [-0.05, 0) is 38.0 Å². The Morgan fingerprint density at radius 3 is 2.72 bits per heavy atom. The van der Waals surface area contributed by atoms with Crippen LogP contribution in [0.2, 0.25) is 5.02 Å². The van der Waals surface area contributed by atoms with Crippen molar-refractivity contribution in [1.82, 2.24) is 0 Å². The Hall–Kier alpha value is -1.06. The van der Waals surface area contributed by atoms with E-state index in [0.717, 1.165) is 12.2 Å². The number of halogens is 1. The number of hydrogen-bond acceptors (Lipinski definition) is 3. The molecule has 0 amide bonds. The molecule has 1 aliphatic carbocycles. The van der Waals surface area contributed by atoms with Crippen LogP contribution in [-0.2, 0) is 4.74 Å². The number of ether oxygens (including phenoxy) is 1. The van der Waals surface area contributed by atoms with E-state index in [0.29, 0.717) is 23.2 Å². The minimum atomic E-state index is 0.0401. The molecule has 98 valence electrons. The predicted octanol–water partition coefficient (Wildman–Crippen LogP) is 3.16. The van der Waals surface area contributed by atoms with Crippen LogP contribution >= 0.6 is 11.6 Å². The van der Waals surface area contributed by atoms with Crippen LogP contribution in [0.1, 0.15) is 30.1 Å². The highest BCUT2D eigenvalue weighted by molar-refractivity contribution is 6.33. The predicted molar refractivity (Wildman–Crippen MR) is 73.7 cm³/mol. The van der Waals surface area contributed by atoms with Gasteiger partial charge in [0.1, 0.15) is 0 Å². The number of Topliss-reactive ketones (excluding diaryl/α,β-unsaturated/α-hetero) is 1. The van der Waals surface area contributed by atoms with Crippen molar-refractivity contribution in [3.63, 3.8) is 0 Å². The first-order valence-corrected chi connectivity index (χ1v) is 6.57. The summed E-state index contributed by atoms with van der Waals surface area (Å²) in [7, 11) is 1.70. The van der Waals surface area contributed by atoms with Gasteiger partial charge in [-0.25, -0.2) is 0 Å². The molecule has 0 bridgehead atoms. The van der Waals surface area contributed by atoms with Gasteiger partial charge >= 0.3 is 0 Å². The van der Waals surface area contributed by atoms with Crippen LogP contribution in [-0.4, -0.2) is 32.1 Å². The number of nitrogens with zero attached hydrogens (tertiary/aromatic N) is 1. The zero-order valence-electron chi connectivity index (χ0n) is 10.8. The number of methoxy groups -OCH3 is 1. The van der Waals surface area contributed by atoms with Crippen LogP contribution in [0.25, 0.3) is 0 Å². The second kappa shape index (κ2) is 5.72. The highest BCUT2D eigenvalue weighted by atomic mass is 35.5. The molecule has 1 aromatic carbocycles. The van der Waals surface area contributed by atoms with Crippen LogP contribution in [0, 0.1) is 0 Å². The molecule has 3 nitrogen and oxygen atoms in total. The number of carbonyl (C=O) groups excluding carboxylic acids is 1. The first-order chi connectivity index (χ1) is 8.63. The monoisotopic (exact) mass is 267 g/mol. The van der Waals surface area contributed by atoms with Gasteiger partial charge in [0.2, 0.25) is 0 Å². The molecule has 0 unspecified atom stereocenters. The van der Waals surface area contributed by atoms with Crippen molar-refractivity contribution in [1.29, 1.82) is 0 Å². The molecular weight excluding hydrogens is 250 g/mol. The fraction of sp³-hybridized carbons (Fsp3) is 0.500. The van der Waals surface area contributed by atoms with Gasteiger partial charge < -0.3 is 9.64 Å². The van der Waals surface area contributed by atoms with Gasteiger partial charge in [-0.1, -0.05) is 11.6 Å². The third-order valence-electron chi connectivity index (χ3n) is 3.19. The fourth-order valence-corrected chi connectivity index (χ4v) is 2.32. The molecule has 0 heterocycles. The van der Waals surface area contributed by atoms with Crippen LogP contribution in [0.3, 0.4) is 0 Å². The highest BCUT2D eigenvalue weighted by Crippen LogP contribution is 2.35. The fourth-order valence-electron chi connectivity index (χ4n) is 2.03. The topological polar surface area (TPSA) is 29.5 Å². The minimum absolute atomic E-state index is 0.0401. The Morgan fingerprint density at radius 1 is 1.50 bits per heavy atom. The van der Waals surface area contributed by atoms with E-state index in [-0.39, 0.29) is 5.78 Å². The summed E-state index contributed by atoms with van der Waals surface area (Å²) < 4.78 is 5.13. The lowest BCUT2D eigenvalue weighted by Crippen LogP contribution is -2.29. The number of rotatable bonds is 6. The molecule has 0 N–H and O–H groups in total. The summed E-state index contributed by atoms with van der Waals surface area (Å²) in [6.07, 6.45) is 2.41. The lowest BCUT2D eigenvalue weighted by molar-refractivity contribution is 0.101. The second-order valence-corrected chi connectivity index (χ2v) is 5.05. The summed E-state index contributed by atoms with van der Waals surface area (Å²) in [5.74, 6) is 0.0401. The SMILES string of the molecule is COCCN(c1ccc(C(C)=O)cc1Cl)C1CC1. The summed E-state index contributed by atoms with van der Waals surface area (Å²) in [4.78, 5) is 13.6. The minimum Gasteiger partial charge on any atom is -0.383 e. The van der Waals surface area contributed by atoms with E-state index in [2.05, 4.69) is 4.90 Å². The van der Waals surface area contributed by atoms with Gasteiger partial charge in [0, 0.05) is 25.3 Å². The molecule has 0 radical (unpaired) electrons. The summed E-state index contributed by atoms with van der Waals surface area (Å²) >= 11 is 6.28. The molecule has 4 heteroatoms. The van der Waals surface area contributed by atoms with Crippen molar-refractivity contribution >= 4 is 23.1 Å². The third kappa shape index (κ3) is 3.03. The van der Waals surface area contributed by atoms with Crippen LogP contribution in [0.15, 0.2) is 18.2 Å². The largest absolute Gasteiger partial charge is 0.383 e. The van der Waals surface area contributed by atoms with Crippen molar-refractivity contribution in [3.8, 4) is 0 Å². The van der Waals surface area contributed by atoms with Gasteiger partial charge in [-0.15, -0.1) is 0 Å². The maximum atomic E-state index is 11.3. The van der Waals surface area contributed by atoms with Gasteiger partial charge in [0.05, 0.1) is 17.3 Å². The van der Waals surface area contributed by atoms with Crippen molar-refractivity contribution < 1.29 is 9.53 Å². The third-order valence-corrected chi connectivity index (χ3v) is 3.49. The molecule has 1 saturated carbocycles. The molecular formula is C14H18ClNO2. The molecule has 0 aromatic heterocycles. The average molecular weight is 268 g/mol. The average Bonchev–Trinajstić information content (AvgIpc) is 3.15. The zero-order chi connectivity index (χ0) is 13.1. The lowest BCUT2D eigenvalue weighted by atomic mass is 10.1. The number of ketones is 1. The van der Waals surface area contributed by atoms with Gasteiger partial charge in [-0.3, -0.25) is 4.79 Å². The number of benzene rings is 1. The van der Waals surface area contributed by atoms with Crippen LogP contribution in [0.4, 0.5) is 5.69 Å². The van der Waals surface area contributed by atoms with Crippen LogP contribution < -0.4 is 4.90 Å². The Balaban J connectivity index is 2.21. The normalized spacial score (nSPS) is 14.6. The number of carbonyl (C=O) groups is 1. The van der Waals surface area contributed by atoms with E-state index < -0.39 is 0 Å². The van der Waals surface area contributed by atoms with Crippen molar-refractivity contribution in [3.05, 3.63) is 28.8 Å². The first kappa shape index (κ1) is 13.4. The second-order valence-electron chi connectivity index (χ2n) is 4.64. The van der Waals surface area contributed by atoms with Crippen molar-refractivity contribution in [2.75, 3.05) is 25.2 Å². The maximum Gasteiger partial charge on any atom is 0.159 e. The smallest absolute Gasteiger partial charge is 0.159 e. The summed E-state index contributed by atoms with van der Waals surface area (Å²) in [6, 6.07) is 6.10. The van der Waals surface area contributed by atoms with E-state index in [1.165, 1.54) is 12.8 Å². The number of hydrogen-bond donors (Lipinski definition) is 0. The van der Waals surface area contributed by atoms with Crippen LogP contribution in [0.5, 0.6) is 0 Å². The molecule has 0 saturated heterocycles. The zero-order valence-corrected chi connectivity index (χ0v) is 11.5. The van der Waals surface area contributed by atoms with E-state index >= 15 is 0 Å². The lowest BCUT2D eigenvalue weighted by Gasteiger charge is -2.25. The van der Waals surface area contributed by atoms with E-state index in [1.54, 1.807) is 20.1 Å². The molecule has 1 aromatic rings. The Kier molecular flexibility index (Phi) is 4.25. The quantitative estimate of drug-likeness (QED) is 0.742. The Bertz CT molecular complexity index is 443. The first-order valence-electron chi connectivity index (χ1n) is 6.19. The molecule has 2 rings (SSSR count). The van der Waals surface area contributed by atoms with Gasteiger partial charge in [0.25, 0.3) is 0 Å². The van der Waals surface area contributed by atoms with Gasteiger partial charge in [0.15, 0.2) is 5.78 Å². The Morgan fingerprint density at radius 2 is 2.22 bits per heavy atom. The molecule has 1 aliphatic rings.